The average Bonchev–Trinajstić information content (AvgIpc) is 3.17. The largest absolute Gasteiger partial charge is 0.338 e. The van der Waals surface area contributed by atoms with E-state index in [1.54, 1.807) is 41.3 Å². The molecule has 1 heterocycles. The molecule has 1 atom stereocenters. The molecule has 138 valence electrons. The van der Waals surface area contributed by atoms with Crippen LogP contribution in [0, 0.1) is 5.92 Å². The number of likely N-dealkylation sites (tertiary alicyclic amines) is 1. The van der Waals surface area contributed by atoms with Gasteiger partial charge >= 0.3 is 0 Å². The Morgan fingerprint density at radius 1 is 1.15 bits per heavy atom. The molecule has 3 rings (SSSR count). The molecule has 2 N–H and O–H groups in total. The second-order valence-corrected chi connectivity index (χ2v) is 8.44. The molecule has 2 aromatic carbocycles. The van der Waals surface area contributed by atoms with Gasteiger partial charge in [0.15, 0.2) is 0 Å². The lowest BCUT2D eigenvalue weighted by Crippen LogP contribution is -2.30. The van der Waals surface area contributed by atoms with Gasteiger partial charge in [0.1, 0.15) is 0 Å². The van der Waals surface area contributed by atoms with Gasteiger partial charge in [0.25, 0.3) is 15.9 Å². The van der Waals surface area contributed by atoms with Crippen LogP contribution in [0.5, 0.6) is 0 Å². The van der Waals surface area contributed by atoms with E-state index in [0.717, 1.165) is 6.42 Å². The molecular formula is C19H23N3O3S. The standard InChI is InChI=1S/C19H23N3O3S/c1-21(17-5-3-2-4-6-17)26(24,25)18-9-7-16(8-10-18)19(23)22-12-11-15(13-20)14-22/h2-10,15H,11-14,20H2,1H3. The van der Waals surface area contributed by atoms with Gasteiger partial charge in [-0.1, -0.05) is 18.2 Å². The van der Waals surface area contributed by atoms with Crippen molar-refractivity contribution in [2.24, 2.45) is 11.7 Å². The molecule has 2 aromatic rings. The minimum atomic E-state index is -3.67. The summed E-state index contributed by atoms with van der Waals surface area (Å²) < 4.78 is 26.8. The number of benzene rings is 2. The number of rotatable bonds is 5. The molecule has 7 heteroatoms. The van der Waals surface area contributed by atoms with Crippen LogP contribution in [0.2, 0.25) is 0 Å². The monoisotopic (exact) mass is 373 g/mol. The molecule has 0 aromatic heterocycles. The van der Waals surface area contributed by atoms with Gasteiger partial charge in [-0.2, -0.15) is 0 Å². The highest BCUT2D eigenvalue weighted by Gasteiger charge is 2.27. The van der Waals surface area contributed by atoms with Crippen LogP contribution in [0.1, 0.15) is 16.8 Å². The molecule has 1 unspecified atom stereocenters. The Labute approximate surface area is 154 Å². The number of hydrogen-bond acceptors (Lipinski definition) is 4. The minimum Gasteiger partial charge on any atom is -0.338 e. The van der Waals surface area contributed by atoms with Crippen LogP contribution in [0.25, 0.3) is 0 Å². The Morgan fingerprint density at radius 2 is 1.81 bits per heavy atom. The molecule has 1 fully saturated rings. The molecule has 0 spiro atoms. The van der Waals surface area contributed by atoms with Crippen LogP contribution >= 0.6 is 0 Å². The summed E-state index contributed by atoms with van der Waals surface area (Å²) in [6.45, 7) is 1.93. The topological polar surface area (TPSA) is 83.7 Å². The Morgan fingerprint density at radius 3 is 2.38 bits per heavy atom. The fourth-order valence-electron chi connectivity index (χ4n) is 3.10. The summed E-state index contributed by atoms with van der Waals surface area (Å²) in [6.07, 6.45) is 0.913. The van der Waals surface area contributed by atoms with Crippen LogP contribution in [0.3, 0.4) is 0 Å². The molecule has 1 aliphatic heterocycles. The number of carbonyl (C=O) groups excluding carboxylic acids is 1. The van der Waals surface area contributed by atoms with Crippen LogP contribution < -0.4 is 10.0 Å². The highest BCUT2D eigenvalue weighted by Crippen LogP contribution is 2.23. The van der Waals surface area contributed by atoms with E-state index >= 15 is 0 Å². The molecule has 0 bridgehead atoms. The quantitative estimate of drug-likeness (QED) is 0.868. The predicted molar refractivity (Wildman–Crippen MR) is 102 cm³/mol. The van der Waals surface area contributed by atoms with Crippen molar-refractivity contribution >= 4 is 21.6 Å². The number of carbonyl (C=O) groups is 1. The SMILES string of the molecule is CN(c1ccccc1)S(=O)(=O)c1ccc(C(=O)N2CCC(CN)C2)cc1. The number of nitrogens with zero attached hydrogens (tertiary/aromatic N) is 2. The van der Waals surface area contributed by atoms with E-state index in [9.17, 15) is 13.2 Å². The van der Waals surface area contributed by atoms with Crippen molar-refractivity contribution in [1.29, 1.82) is 0 Å². The molecule has 0 saturated carbocycles. The van der Waals surface area contributed by atoms with E-state index in [1.807, 2.05) is 6.07 Å². The van der Waals surface area contributed by atoms with E-state index in [1.165, 1.54) is 23.5 Å². The maximum atomic E-state index is 12.8. The lowest BCUT2D eigenvalue weighted by atomic mass is 10.1. The van der Waals surface area contributed by atoms with Gasteiger partial charge in [0.2, 0.25) is 0 Å². The summed E-state index contributed by atoms with van der Waals surface area (Å²) in [5.41, 5.74) is 6.74. The van der Waals surface area contributed by atoms with Crippen molar-refractivity contribution in [1.82, 2.24) is 4.90 Å². The Kier molecular flexibility index (Phi) is 5.29. The smallest absolute Gasteiger partial charge is 0.264 e. The maximum absolute atomic E-state index is 12.8. The zero-order valence-corrected chi connectivity index (χ0v) is 15.5. The van der Waals surface area contributed by atoms with Crippen LogP contribution in [-0.4, -0.2) is 45.9 Å². The molecule has 26 heavy (non-hydrogen) atoms. The zero-order valence-electron chi connectivity index (χ0n) is 14.7. The maximum Gasteiger partial charge on any atom is 0.264 e. The third-order valence-electron chi connectivity index (χ3n) is 4.79. The summed E-state index contributed by atoms with van der Waals surface area (Å²) in [5, 5.41) is 0. The molecule has 1 saturated heterocycles. The second kappa shape index (κ2) is 7.47. The first-order chi connectivity index (χ1) is 12.4. The molecule has 0 radical (unpaired) electrons. The van der Waals surface area contributed by atoms with E-state index in [4.69, 9.17) is 5.73 Å². The fraction of sp³-hybridized carbons (Fsp3) is 0.316. The first-order valence-electron chi connectivity index (χ1n) is 8.57. The number of anilines is 1. The molecule has 1 amide bonds. The molecule has 1 aliphatic rings. The van der Waals surface area contributed by atoms with Crippen molar-refractivity contribution in [2.45, 2.75) is 11.3 Å². The highest BCUT2D eigenvalue weighted by molar-refractivity contribution is 7.92. The van der Waals surface area contributed by atoms with Crippen molar-refractivity contribution in [2.75, 3.05) is 31.0 Å². The van der Waals surface area contributed by atoms with Gasteiger partial charge in [-0.05, 0) is 55.3 Å². The first kappa shape index (κ1) is 18.4. The number of nitrogens with two attached hydrogens (primary N) is 1. The summed E-state index contributed by atoms with van der Waals surface area (Å²) in [4.78, 5) is 14.5. The summed E-state index contributed by atoms with van der Waals surface area (Å²) in [7, 11) is -2.16. The van der Waals surface area contributed by atoms with Gasteiger partial charge in [0.05, 0.1) is 10.6 Å². The molecule has 0 aliphatic carbocycles. The Bertz CT molecular complexity index is 867. The van der Waals surface area contributed by atoms with Gasteiger partial charge in [-0.25, -0.2) is 8.42 Å². The summed E-state index contributed by atoms with van der Waals surface area (Å²) in [6, 6.07) is 15.0. The predicted octanol–water partition coefficient (Wildman–Crippen LogP) is 1.93. The number of para-hydroxylation sites is 1. The summed E-state index contributed by atoms with van der Waals surface area (Å²) >= 11 is 0. The van der Waals surface area contributed by atoms with Gasteiger partial charge in [-0.3, -0.25) is 9.10 Å². The second-order valence-electron chi connectivity index (χ2n) is 6.47. The van der Waals surface area contributed by atoms with E-state index in [-0.39, 0.29) is 10.8 Å². The van der Waals surface area contributed by atoms with Crippen LogP contribution in [-0.2, 0) is 10.0 Å². The van der Waals surface area contributed by atoms with Crippen molar-refractivity contribution in [3.63, 3.8) is 0 Å². The third-order valence-corrected chi connectivity index (χ3v) is 6.59. The summed E-state index contributed by atoms with van der Waals surface area (Å²) in [5.74, 6) is 0.263. The third kappa shape index (κ3) is 3.59. The lowest BCUT2D eigenvalue weighted by molar-refractivity contribution is 0.0787. The normalized spacial score (nSPS) is 17.3. The number of sulfonamides is 1. The van der Waals surface area contributed by atoms with E-state index < -0.39 is 10.0 Å². The van der Waals surface area contributed by atoms with Crippen LogP contribution in [0.15, 0.2) is 59.5 Å². The average molecular weight is 373 g/mol. The van der Waals surface area contributed by atoms with Crippen LogP contribution in [0.4, 0.5) is 5.69 Å². The minimum absolute atomic E-state index is 0.0821. The molecular weight excluding hydrogens is 350 g/mol. The fourth-order valence-corrected chi connectivity index (χ4v) is 4.29. The van der Waals surface area contributed by atoms with E-state index in [0.29, 0.717) is 36.8 Å². The Balaban J connectivity index is 1.78. The molecule has 6 nitrogen and oxygen atoms in total. The van der Waals surface area contributed by atoms with Gasteiger partial charge in [0, 0.05) is 25.7 Å². The Hall–Kier alpha value is -2.38. The number of amides is 1. The van der Waals surface area contributed by atoms with E-state index in [2.05, 4.69) is 0 Å². The van der Waals surface area contributed by atoms with Crippen molar-refractivity contribution < 1.29 is 13.2 Å². The van der Waals surface area contributed by atoms with Crippen molar-refractivity contribution in [3.8, 4) is 0 Å². The van der Waals surface area contributed by atoms with Gasteiger partial charge < -0.3 is 10.6 Å². The highest BCUT2D eigenvalue weighted by atomic mass is 32.2. The zero-order chi connectivity index (χ0) is 18.7. The first-order valence-corrected chi connectivity index (χ1v) is 10.0. The lowest BCUT2D eigenvalue weighted by Gasteiger charge is -2.20. The van der Waals surface area contributed by atoms with Crippen molar-refractivity contribution in [3.05, 3.63) is 60.2 Å². The van der Waals surface area contributed by atoms with Gasteiger partial charge in [-0.15, -0.1) is 0 Å². The number of hydrogen-bond donors (Lipinski definition) is 1.